The summed E-state index contributed by atoms with van der Waals surface area (Å²) in [4.78, 5) is 25.6. The van der Waals surface area contributed by atoms with Gasteiger partial charge in [-0.25, -0.2) is 4.68 Å². The van der Waals surface area contributed by atoms with Gasteiger partial charge in [-0.3, -0.25) is 9.59 Å². The number of anilines is 1. The minimum Gasteiger partial charge on any atom is -0.321 e. The van der Waals surface area contributed by atoms with Crippen LogP contribution < -0.4 is 10.9 Å². The highest BCUT2D eigenvalue weighted by Gasteiger charge is 2.17. The highest BCUT2D eigenvalue weighted by Crippen LogP contribution is 2.21. The lowest BCUT2D eigenvalue weighted by Crippen LogP contribution is -2.27. The van der Waals surface area contributed by atoms with Crippen molar-refractivity contribution >= 4 is 22.4 Å². The SMILES string of the molecule is CCCCn1nc(C(=O)Nc2ccc([C@@H](C)CC)cc2)c2ccccc2c1=O. The van der Waals surface area contributed by atoms with E-state index in [0.717, 1.165) is 19.3 Å². The van der Waals surface area contributed by atoms with Crippen LogP contribution in [-0.2, 0) is 6.54 Å². The van der Waals surface area contributed by atoms with E-state index in [1.54, 1.807) is 12.1 Å². The molecule has 1 N–H and O–H groups in total. The Kier molecular flexibility index (Phi) is 6.24. The molecule has 0 spiro atoms. The van der Waals surface area contributed by atoms with Crippen LogP contribution in [0.5, 0.6) is 0 Å². The number of carbonyl (C=O) groups is 1. The number of aromatic nitrogens is 2. The zero-order valence-corrected chi connectivity index (χ0v) is 16.7. The number of amides is 1. The molecule has 0 aliphatic heterocycles. The van der Waals surface area contributed by atoms with E-state index in [4.69, 9.17) is 0 Å². The third-order valence-corrected chi connectivity index (χ3v) is 5.16. The summed E-state index contributed by atoms with van der Waals surface area (Å²) in [6.45, 7) is 6.90. The normalized spacial score (nSPS) is 12.1. The Morgan fingerprint density at radius 1 is 1.07 bits per heavy atom. The van der Waals surface area contributed by atoms with Crippen LogP contribution in [0.4, 0.5) is 5.69 Å². The van der Waals surface area contributed by atoms with Crippen molar-refractivity contribution in [3.63, 3.8) is 0 Å². The van der Waals surface area contributed by atoms with Crippen molar-refractivity contribution in [1.29, 1.82) is 0 Å². The number of nitrogens with one attached hydrogen (secondary N) is 1. The molecule has 3 rings (SSSR count). The van der Waals surface area contributed by atoms with Crippen LogP contribution in [0.15, 0.2) is 53.3 Å². The fraction of sp³-hybridized carbons (Fsp3) is 0.348. The fourth-order valence-corrected chi connectivity index (χ4v) is 3.18. The molecule has 0 unspecified atom stereocenters. The Bertz CT molecular complexity index is 1020. The largest absolute Gasteiger partial charge is 0.321 e. The van der Waals surface area contributed by atoms with Gasteiger partial charge in [0.1, 0.15) is 0 Å². The molecule has 0 aliphatic carbocycles. The number of nitrogens with zero attached hydrogens (tertiary/aromatic N) is 2. The first kappa shape index (κ1) is 19.8. The van der Waals surface area contributed by atoms with E-state index in [0.29, 0.717) is 28.9 Å². The first-order valence-electron chi connectivity index (χ1n) is 9.96. The highest BCUT2D eigenvalue weighted by molar-refractivity contribution is 6.11. The van der Waals surface area contributed by atoms with Gasteiger partial charge >= 0.3 is 0 Å². The summed E-state index contributed by atoms with van der Waals surface area (Å²) in [5, 5.41) is 8.40. The van der Waals surface area contributed by atoms with E-state index in [2.05, 4.69) is 31.2 Å². The van der Waals surface area contributed by atoms with Crippen molar-refractivity contribution in [2.45, 2.75) is 52.5 Å². The minimum atomic E-state index is -0.308. The lowest BCUT2D eigenvalue weighted by molar-refractivity contribution is 0.102. The number of fused-ring (bicyclic) bond motifs is 1. The highest BCUT2D eigenvalue weighted by atomic mass is 16.2. The van der Waals surface area contributed by atoms with Gasteiger partial charge in [-0.15, -0.1) is 0 Å². The third kappa shape index (κ3) is 4.14. The van der Waals surface area contributed by atoms with Crippen LogP contribution in [0.3, 0.4) is 0 Å². The van der Waals surface area contributed by atoms with E-state index in [9.17, 15) is 9.59 Å². The number of rotatable bonds is 7. The first-order chi connectivity index (χ1) is 13.5. The molecule has 3 aromatic rings. The number of benzene rings is 2. The molecular weight excluding hydrogens is 350 g/mol. The fourth-order valence-electron chi connectivity index (χ4n) is 3.18. The summed E-state index contributed by atoms with van der Waals surface area (Å²) < 4.78 is 1.41. The predicted octanol–water partition coefficient (Wildman–Crippen LogP) is 4.96. The standard InChI is InChI=1S/C23H27N3O2/c1-4-6-15-26-23(28)20-10-8-7-9-19(20)21(25-26)22(27)24-18-13-11-17(12-14-18)16(3)5-2/h7-14,16H,4-6,15H2,1-3H3,(H,24,27)/t16-/m0/s1. The van der Waals surface area contributed by atoms with Crippen molar-refractivity contribution < 1.29 is 4.79 Å². The van der Waals surface area contributed by atoms with Gasteiger partial charge in [0, 0.05) is 17.6 Å². The number of unbranched alkanes of at least 4 members (excludes halogenated alkanes) is 1. The molecule has 1 heterocycles. The van der Waals surface area contributed by atoms with Gasteiger partial charge in [0.2, 0.25) is 0 Å². The van der Waals surface area contributed by atoms with Gasteiger partial charge in [-0.2, -0.15) is 5.10 Å². The molecule has 0 saturated carbocycles. The van der Waals surface area contributed by atoms with E-state index in [1.165, 1.54) is 10.2 Å². The van der Waals surface area contributed by atoms with Gasteiger partial charge in [0.25, 0.3) is 11.5 Å². The first-order valence-corrected chi connectivity index (χ1v) is 9.96. The van der Waals surface area contributed by atoms with Gasteiger partial charge in [0.05, 0.1) is 5.39 Å². The number of aryl methyl sites for hydroxylation is 1. The van der Waals surface area contributed by atoms with Crippen molar-refractivity contribution in [2.24, 2.45) is 0 Å². The zero-order valence-electron chi connectivity index (χ0n) is 16.7. The van der Waals surface area contributed by atoms with Crippen molar-refractivity contribution in [1.82, 2.24) is 9.78 Å². The Labute approximate surface area is 165 Å². The molecule has 28 heavy (non-hydrogen) atoms. The second-order valence-corrected chi connectivity index (χ2v) is 7.16. The van der Waals surface area contributed by atoms with E-state index < -0.39 is 0 Å². The molecule has 146 valence electrons. The van der Waals surface area contributed by atoms with Crippen LogP contribution >= 0.6 is 0 Å². The van der Waals surface area contributed by atoms with Gasteiger partial charge in [-0.05, 0) is 42.5 Å². The minimum absolute atomic E-state index is 0.154. The van der Waals surface area contributed by atoms with E-state index in [1.807, 2.05) is 36.4 Å². The molecule has 2 aromatic carbocycles. The average Bonchev–Trinajstić information content (AvgIpc) is 2.73. The molecule has 5 nitrogen and oxygen atoms in total. The lowest BCUT2D eigenvalue weighted by Gasteiger charge is -2.12. The number of hydrogen-bond donors (Lipinski definition) is 1. The average molecular weight is 377 g/mol. The van der Waals surface area contributed by atoms with Crippen LogP contribution in [0.2, 0.25) is 0 Å². The van der Waals surface area contributed by atoms with Gasteiger partial charge < -0.3 is 5.32 Å². The molecule has 0 bridgehead atoms. The van der Waals surface area contributed by atoms with Crippen LogP contribution in [-0.4, -0.2) is 15.7 Å². The summed E-state index contributed by atoms with van der Waals surface area (Å²) >= 11 is 0. The summed E-state index contributed by atoms with van der Waals surface area (Å²) in [6.07, 6.45) is 2.86. The third-order valence-electron chi connectivity index (χ3n) is 5.16. The summed E-state index contributed by atoms with van der Waals surface area (Å²) in [5.41, 5.74) is 2.09. The molecule has 0 aliphatic rings. The maximum atomic E-state index is 13.0. The summed E-state index contributed by atoms with van der Waals surface area (Å²) in [5.74, 6) is 0.176. The zero-order chi connectivity index (χ0) is 20.1. The molecule has 1 amide bonds. The number of hydrogen-bond acceptors (Lipinski definition) is 3. The molecule has 0 radical (unpaired) electrons. The molecule has 5 heteroatoms. The van der Waals surface area contributed by atoms with Crippen molar-refractivity contribution in [2.75, 3.05) is 5.32 Å². The Morgan fingerprint density at radius 2 is 1.75 bits per heavy atom. The predicted molar refractivity (Wildman–Crippen MR) is 114 cm³/mol. The quantitative estimate of drug-likeness (QED) is 0.633. The Balaban J connectivity index is 1.94. The second kappa shape index (κ2) is 8.83. The van der Waals surface area contributed by atoms with Crippen LogP contribution in [0.25, 0.3) is 10.8 Å². The number of carbonyl (C=O) groups excluding carboxylic acids is 1. The molecular formula is C23H27N3O2. The maximum absolute atomic E-state index is 13.0. The van der Waals surface area contributed by atoms with Crippen LogP contribution in [0.1, 0.15) is 62.0 Å². The van der Waals surface area contributed by atoms with E-state index in [-0.39, 0.29) is 17.2 Å². The lowest BCUT2D eigenvalue weighted by atomic mass is 9.98. The van der Waals surface area contributed by atoms with E-state index >= 15 is 0 Å². The van der Waals surface area contributed by atoms with Gasteiger partial charge in [-0.1, -0.05) is 57.5 Å². The van der Waals surface area contributed by atoms with Crippen molar-refractivity contribution in [3.8, 4) is 0 Å². The molecule has 0 fully saturated rings. The topological polar surface area (TPSA) is 64.0 Å². The second-order valence-electron chi connectivity index (χ2n) is 7.16. The summed E-state index contributed by atoms with van der Waals surface area (Å²) in [7, 11) is 0. The Hall–Kier alpha value is -2.95. The monoisotopic (exact) mass is 377 g/mol. The van der Waals surface area contributed by atoms with Crippen LogP contribution in [0, 0.1) is 0 Å². The Morgan fingerprint density at radius 3 is 2.39 bits per heavy atom. The molecule has 0 saturated heterocycles. The summed E-state index contributed by atoms with van der Waals surface area (Å²) in [6, 6.07) is 15.0. The smallest absolute Gasteiger partial charge is 0.276 e. The molecule has 1 aromatic heterocycles. The van der Waals surface area contributed by atoms with Gasteiger partial charge in [0.15, 0.2) is 5.69 Å². The molecule has 1 atom stereocenters. The van der Waals surface area contributed by atoms with Crippen molar-refractivity contribution in [3.05, 3.63) is 70.1 Å². The maximum Gasteiger partial charge on any atom is 0.276 e.